The lowest BCUT2D eigenvalue weighted by Gasteiger charge is -2.24. The Labute approximate surface area is 135 Å². The molecule has 3 aromatic heterocycles. The van der Waals surface area contributed by atoms with E-state index >= 15 is 0 Å². The van der Waals surface area contributed by atoms with Crippen LogP contribution in [0.15, 0.2) is 36.8 Å². The molecule has 3 aromatic rings. The lowest BCUT2D eigenvalue weighted by atomic mass is 10.1. The maximum Gasteiger partial charge on any atom is 0.165 e. The van der Waals surface area contributed by atoms with Crippen LogP contribution in [-0.4, -0.2) is 38.7 Å². The molecule has 0 radical (unpaired) electrons. The fourth-order valence-corrected chi connectivity index (χ4v) is 3.10. The molecule has 1 aliphatic rings. The van der Waals surface area contributed by atoms with Crippen molar-refractivity contribution >= 4 is 11.5 Å². The molecule has 0 bridgehead atoms. The number of aromatic nitrogens is 4. The highest BCUT2D eigenvalue weighted by Gasteiger charge is 2.16. The highest BCUT2D eigenvalue weighted by molar-refractivity contribution is 5.77. The molecule has 118 valence electrons. The minimum atomic E-state index is 0.481. The third-order valence-electron chi connectivity index (χ3n) is 4.28. The minimum Gasteiger partial charge on any atom is -0.367 e. The van der Waals surface area contributed by atoms with Gasteiger partial charge < -0.3 is 10.6 Å². The van der Waals surface area contributed by atoms with Gasteiger partial charge in [0.1, 0.15) is 5.82 Å². The van der Waals surface area contributed by atoms with E-state index in [2.05, 4.69) is 26.8 Å². The summed E-state index contributed by atoms with van der Waals surface area (Å²) >= 11 is 0. The van der Waals surface area contributed by atoms with E-state index in [9.17, 15) is 0 Å². The largest absolute Gasteiger partial charge is 0.367 e. The third kappa shape index (κ3) is 2.77. The molecule has 4 heterocycles. The van der Waals surface area contributed by atoms with Crippen LogP contribution in [0.1, 0.15) is 18.5 Å². The molecule has 6 heteroatoms. The number of pyridine rings is 1. The van der Waals surface area contributed by atoms with E-state index in [-0.39, 0.29) is 0 Å². The van der Waals surface area contributed by atoms with Crippen molar-refractivity contribution in [2.75, 3.05) is 18.4 Å². The summed E-state index contributed by atoms with van der Waals surface area (Å²) in [7, 11) is 0. The number of nitrogens with one attached hydrogen (secondary N) is 2. The van der Waals surface area contributed by atoms with Gasteiger partial charge in [0.15, 0.2) is 5.65 Å². The number of rotatable bonds is 3. The highest BCUT2D eigenvalue weighted by Crippen LogP contribution is 2.25. The van der Waals surface area contributed by atoms with E-state index in [0.717, 1.165) is 54.2 Å². The summed E-state index contributed by atoms with van der Waals surface area (Å²) in [6.07, 6.45) is 7.72. The predicted octanol–water partition coefficient (Wildman–Crippen LogP) is 2.26. The number of fused-ring (bicyclic) bond motifs is 1. The summed E-state index contributed by atoms with van der Waals surface area (Å²) in [5.74, 6) is 1.01. The van der Waals surface area contributed by atoms with Gasteiger partial charge in [-0.2, -0.15) is 9.61 Å². The molecule has 2 N–H and O–H groups in total. The van der Waals surface area contributed by atoms with Gasteiger partial charge in [0.2, 0.25) is 0 Å². The van der Waals surface area contributed by atoms with E-state index in [1.807, 2.05) is 29.8 Å². The van der Waals surface area contributed by atoms with Crippen LogP contribution in [0.2, 0.25) is 0 Å². The van der Waals surface area contributed by atoms with E-state index in [1.54, 1.807) is 12.4 Å². The van der Waals surface area contributed by atoms with Crippen molar-refractivity contribution in [2.45, 2.75) is 25.8 Å². The predicted molar refractivity (Wildman–Crippen MR) is 90.5 cm³/mol. The van der Waals surface area contributed by atoms with Gasteiger partial charge in [-0.25, -0.2) is 4.98 Å². The van der Waals surface area contributed by atoms with Crippen molar-refractivity contribution in [3.63, 3.8) is 0 Å². The highest BCUT2D eigenvalue weighted by atomic mass is 15.3. The van der Waals surface area contributed by atoms with E-state index < -0.39 is 0 Å². The topological polar surface area (TPSA) is 67.1 Å². The Morgan fingerprint density at radius 2 is 2.00 bits per heavy atom. The molecular weight excluding hydrogens is 288 g/mol. The van der Waals surface area contributed by atoms with Crippen LogP contribution in [0.4, 0.5) is 5.82 Å². The maximum atomic E-state index is 4.69. The van der Waals surface area contributed by atoms with Gasteiger partial charge in [-0.3, -0.25) is 4.98 Å². The fraction of sp³-hybridized carbons (Fsp3) is 0.353. The van der Waals surface area contributed by atoms with Gasteiger partial charge in [0.05, 0.1) is 6.20 Å². The zero-order chi connectivity index (χ0) is 15.6. The van der Waals surface area contributed by atoms with Crippen LogP contribution >= 0.6 is 0 Å². The quantitative estimate of drug-likeness (QED) is 0.777. The van der Waals surface area contributed by atoms with Crippen molar-refractivity contribution in [3.05, 3.63) is 42.5 Å². The average molecular weight is 308 g/mol. The van der Waals surface area contributed by atoms with Crippen LogP contribution in [-0.2, 0) is 0 Å². The lowest BCUT2D eigenvalue weighted by molar-refractivity contribution is 0.477. The molecule has 0 spiro atoms. The Hall–Kier alpha value is -2.47. The summed E-state index contributed by atoms with van der Waals surface area (Å²) in [5.41, 5.74) is 3.99. The van der Waals surface area contributed by atoms with Crippen molar-refractivity contribution < 1.29 is 0 Å². The van der Waals surface area contributed by atoms with Crippen molar-refractivity contribution in [1.29, 1.82) is 0 Å². The lowest BCUT2D eigenvalue weighted by Crippen LogP contribution is -2.35. The first kappa shape index (κ1) is 14.1. The van der Waals surface area contributed by atoms with Crippen LogP contribution in [0, 0.1) is 6.92 Å². The smallest absolute Gasteiger partial charge is 0.165 e. The molecule has 0 amide bonds. The molecule has 0 aromatic carbocycles. The Balaban J connectivity index is 1.75. The van der Waals surface area contributed by atoms with Crippen LogP contribution < -0.4 is 10.6 Å². The summed E-state index contributed by atoms with van der Waals surface area (Å²) in [5, 5.41) is 11.6. The van der Waals surface area contributed by atoms with Gasteiger partial charge in [0.25, 0.3) is 0 Å². The number of anilines is 1. The Bertz CT molecular complexity index is 805. The molecule has 23 heavy (non-hydrogen) atoms. The van der Waals surface area contributed by atoms with Crippen LogP contribution in [0.25, 0.3) is 16.8 Å². The first-order chi connectivity index (χ1) is 11.3. The monoisotopic (exact) mass is 308 g/mol. The average Bonchev–Trinajstić information content (AvgIpc) is 3.00. The summed E-state index contributed by atoms with van der Waals surface area (Å²) in [4.78, 5) is 8.78. The third-order valence-corrected chi connectivity index (χ3v) is 4.28. The normalized spacial score (nSPS) is 15.9. The first-order valence-corrected chi connectivity index (χ1v) is 8.04. The molecule has 1 aliphatic heterocycles. The SMILES string of the molecule is Cc1cc(NC2CCNCC2)n2ncc(-c3ccncc3)c2n1. The Morgan fingerprint density at radius 3 is 2.78 bits per heavy atom. The van der Waals surface area contributed by atoms with Gasteiger partial charge in [0, 0.05) is 35.8 Å². The number of hydrogen-bond donors (Lipinski definition) is 2. The number of piperidine rings is 1. The van der Waals surface area contributed by atoms with E-state index in [4.69, 9.17) is 4.98 Å². The molecule has 0 aliphatic carbocycles. The molecule has 0 atom stereocenters. The Morgan fingerprint density at radius 1 is 1.22 bits per heavy atom. The zero-order valence-corrected chi connectivity index (χ0v) is 13.2. The van der Waals surface area contributed by atoms with Crippen molar-refractivity contribution in [1.82, 2.24) is 24.9 Å². The van der Waals surface area contributed by atoms with Crippen molar-refractivity contribution in [3.8, 4) is 11.1 Å². The fourth-order valence-electron chi connectivity index (χ4n) is 3.10. The van der Waals surface area contributed by atoms with Gasteiger partial charge in [-0.1, -0.05) is 0 Å². The van der Waals surface area contributed by atoms with Gasteiger partial charge in [-0.15, -0.1) is 0 Å². The van der Waals surface area contributed by atoms with Crippen LogP contribution in [0.3, 0.4) is 0 Å². The van der Waals surface area contributed by atoms with Gasteiger partial charge >= 0.3 is 0 Å². The first-order valence-electron chi connectivity index (χ1n) is 8.04. The number of nitrogens with zero attached hydrogens (tertiary/aromatic N) is 4. The molecule has 0 unspecified atom stereocenters. The minimum absolute atomic E-state index is 0.481. The molecule has 6 nitrogen and oxygen atoms in total. The zero-order valence-electron chi connectivity index (χ0n) is 13.2. The second-order valence-corrected chi connectivity index (χ2v) is 5.98. The second kappa shape index (κ2) is 5.96. The summed E-state index contributed by atoms with van der Waals surface area (Å²) < 4.78 is 1.91. The molecule has 1 fully saturated rings. The summed E-state index contributed by atoms with van der Waals surface area (Å²) in [6, 6.07) is 6.52. The standard InChI is InChI=1S/C17H20N6/c1-12-10-16(22-14-4-8-19-9-5-14)23-17(21-12)15(11-20-23)13-2-6-18-7-3-13/h2-3,6-7,10-11,14,19,22H,4-5,8-9H2,1H3. The van der Waals surface area contributed by atoms with Crippen molar-refractivity contribution in [2.24, 2.45) is 0 Å². The maximum absolute atomic E-state index is 4.69. The molecular formula is C17H20N6. The molecule has 4 rings (SSSR count). The second-order valence-electron chi connectivity index (χ2n) is 5.98. The summed E-state index contributed by atoms with van der Waals surface area (Å²) in [6.45, 7) is 4.15. The number of hydrogen-bond acceptors (Lipinski definition) is 5. The van der Waals surface area contributed by atoms with E-state index in [1.165, 1.54) is 0 Å². The molecule has 1 saturated heterocycles. The molecule has 0 saturated carbocycles. The Kier molecular flexibility index (Phi) is 3.67. The van der Waals surface area contributed by atoms with E-state index in [0.29, 0.717) is 6.04 Å². The van der Waals surface area contributed by atoms with Crippen LogP contribution in [0.5, 0.6) is 0 Å². The van der Waals surface area contributed by atoms with Gasteiger partial charge in [-0.05, 0) is 50.6 Å². The number of aryl methyl sites for hydroxylation is 1.